The van der Waals surface area contributed by atoms with E-state index in [0.717, 1.165) is 0 Å². The van der Waals surface area contributed by atoms with E-state index in [1.807, 2.05) is 0 Å². The number of hydrogen-bond acceptors (Lipinski definition) is 2. The summed E-state index contributed by atoms with van der Waals surface area (Å²) in [5.74, 6) is 0.211. The number of carbonyl (C=O) groups is 1. The molecule has 0 saturated heterocycles. The van der Waals surface area contributed by atoms with Gasteiger partial charge in [-0.3, -0.25) is 4.79 Å². The van der Waals surface area contributed by atoms with Gasteiger partial charge in [0.1, 0.15) is 5.82 Å². The molecule has 1 aromatic carbocycles. The Morgan fingerprint density at radius 2 is 2.16 bits per heavy atom. The van der Waals surface area contributed by atoms with Gasteiger partial charge in [0.25, 0.3) is 0 Å². The molecule has 104 valence electrons. The van der Waals surface area contributed by atoms with E-state index >= 15 is 0 Å². The Morgan fingerprint density at radius 3 is 2.84 bits per heavy atom. The summed E-state index contributed by atoms with van der Waals surface area (Å²) >= 11 is 0. The SMILES string of the molecule is C[C@H](NCC(=O)Nc1cccc(F)c1)C1CCCC1. The van der Waals surface area contributed by atoms with Crippen molar-refractivity contribution in [2.75, 3.05) is 11.9 Å². The van der Waals surface area contributed by atoms with E-state index in [-0.39, 0.29) is 18.3 Å². The summed E-state index contributed by atoms with van der Waals surface area (Å²) in [6.45, 7) is 2.40. The van der Waals surface area contributed by atoms with E-state index in [1.54, 1.807) is 12.1 Å². The van der Waals surface area contributed by atoms with E-state index in [0.29, 0.717) is 17.6 Å². The number of anilines is 1. The van der Waals surface area contributed by atoms with E-state index in [2.05, 4.69) is 17.6 Å². The molecule has 1 saturated carbocycles. The van der Waals surface area contributed by atoms with Gasteiger partial charge in [-0.05, 0) is 43.9 Å². The number of hydrogen-bond donors (Lipinski definition) is 2. The summed E-state index contributed by atoms with van der Waals surface area (Å²) in [6.07, 6.45) is 5.09. The molecule has 0 spiro atoms. The molecule has 1 atom stereocenters. The first-order valence-corrected chi connectivity index (χ1v) is 6.94. The molecule has 1 aliphatic carbocycles. The molecule has 1 aromatic rings. The van der Waals surface area contributed by atoms with Crippen molar-refractivity contribution < 1.29 is 9.18 Å². The van der Waals surface area contributed by atoms with Crippen LogP contribution in [0.25, 0.3) is 0 Å². The number of carbonyl (C=O) groups excluding carboxylic acids is 1. The fraction of sp³-hybridized carbons (Fsp3) is 0.533. The van der Waals surface area contributed by atoms with E-state index in [1.165, 1.54) is 37.8 Å². The Morgan fingerprint density at radius 1 is 1.42 bits per heavy atom. The minimum Gasteiger partial charge on any atom is -0.325 e. The van der Waals surface area contributed by atoms with Crippen LogP contribution in [-0.4, -0.2) is 18.5 Å². The molecule has 0 aromatic heterocycles. The normalized spacial score (nSPS) is 17.4. The third-order valence-electron chi connectivity index (χ3n) is 3.80. The average Bonchev–Trinajstić information content (AvgIpc) is 2.90. The highest BCUT2D eigenvalue weighted by atomic mass is 19.1. The van der Waals surface area contributed by atoms with E-state index < -0.39 is 0 Å². The zero-order valence-electron chi connectivity index (χ0n) is 11.3. The summed E-state index contributed by atoms with van der Waals surface area (Å²) in [6, 6.07) is 6.30. The van der Waals surface area contributed by atoms with Gasteiger partial charge in [0.2, 0.25) is 5.91 Å². The molecule has 0 unspecified atom stereocenters. The molecular formula is C15H21FN2O. The summed E-state index contributed by atoms with van der Waals surface area (Å²) in [4.78, 5) is 11.7. The van der Waals surface area contributed by atoms with Crippen LogP contribution in [0.4, 0.5) is 10.1 Å². The van der Waals surface area contributed by atoms with Crippen LogP contribution in [0.2, 0.25) is 0 Å². The largest absolute Gasteiger partial charge is 0.325 e. The monoisotopic (exact) mass is 264 g/mol. The predicted molar refractivity (Wildman–Crippen MR) is 74.5 cm³/mol. The van der Waals surface area contributed by atoms with Gasteiger partial charge in [-0.1, -0.05) is 18.9 Å². The lowest BCUT2D eigenvalue weighted by atomic mass is 10.00. The van der Waals surface area contributed by atoms with Gasteiger partial charge in [0.05, 0.1) is 6.54 Å². The zero-order valence-corrected chi connectivity index (χ0v) is 11.3. The van der Waals surface area contributed by atoms with Crippen LogP contribution in [-0.2, 0) is 4.79 Å². The van der Waals surface area contributed by atoms with Crippen LogP contribution in [0, 0.1) is 11.7 Å². The van der Waals surface area contributed by atoms with Gasteiger partial charge in [0.15, 0.2) is 0 Å². The molecule has 1 fully saturated rings. The Bertz CT molecular complexity index is 430. The third-order valence-corrected chi connectivity index (χ3v) is 3.80. The lowest BCUT2D eigenvalue weighted by Gasteiger charge is -2.20. The molecule has 3 nitrogen and oxygen atoms in total. The molecule has 0 aliphatic heterocycles. The van der Waals surface area contributed by atoms with Gasteiger partial charge in [-0.25, -0.2) is 4.39 Å². The van der Waals surface area contributed by atoms with Crippen LogP contribution in [0.5, 0.6) is 0 Å². The topological polar surface area (TPSA) is 41.1 Å². The maximum absolute atomic E-state index is 13.0. The number of amides is 1. The predicted octanol–water partition coefficient (Wildman–Crippen LogP) is 2.93. The highest BCUT2D eigenvalue weighted by molar-refractivity contribution is 5.92. The zero-order chi connectivity index (χ0) is 13.7. The smallest absolute Gasteiger partial charge is 0.238 e. The van der Waals surface area contributed by atoms with Crippen LogP contribution in [0.1, 0.15) is 32.6 Å². The molecule has 0 radical (unpaired) electrons. The molecule has 1 aliphatic rings. The molecule has 2 N–H and O–H groups in total. The Hall–Kier alpha value is -1.42. The first-order valence-electron chi connectivity index (χ1n) is 6.94. The van der Waals surface area contributed by atoms with Crippen molar-refractivity contribution >= 4 is 11.6 Å². The molecule has 2 rings (SSSR count). The molecule has 4 heteroatoms. The Kier molecular flexibility index (Phi) is 4.91. The van der Waals surface area contributed by atoms with Crippen molar-refractivity contribution in [3.05, 3.63) is 30.1 Å². The first kappa shape index (κ1) is 14.0. The Balaban J connectivity index is 1.75. The van der Waals surface area contributed by atoms with Crippen LogP contribution in [0.3, 0.4) is 0 Å². The first-order chi connectivity index (χ1) is 9.15. The second-order valence-electron chi connectivity index (χ2n) is 5.27. The minimum atomic E-state index is -0.343. The number of rotatable bonds is 5. The second-order valence-corrected chi connectivity index (χ2v) is 5.27. The van der Waals surface area contributed by atoms with Gasteiger partial charge in [-0.2, -0.15) is 0 Å². The van der Waals surface area contributed by atoms with Crippen molar-refractivity contribution in [2.45, 2.75) is 38.6 Å². The Labute approximate surface area is 113 Å². The summed E-state index contributed by atoms with van der Waals surface area (Å²) in [5.41, 5.74) is 0.500. The molecule has 1 amide bonds. The highest BCUT2D eigenvalue weighted by Gasteiger charge is 2.21. The maximum Gasteiger partial charge on any atom is 0.238 e. The maximum atomic E-state index is 13.0. The van der Waals surface area contributed by atoms with Gasteiger partial charge in [-0.15, -0.1) is 0 Å². The van der Waals surface area contributed by atoms with Gasteiger partial charge >= 0.3 is 0 Å². The van der Waals surface area contributed by atoms with Crippen LogP contribution in [0.15, 0.2) is 24.3 Å². The number of nitrogens with one attached hydrogen (secondary N) is 2. The van der Waals surface area contributed by atoms with E-state index in [4.69, 9.17) is 0 Å². The minimum absolute atomic E-state index is 0.129. The lowest BCUT2D eigenvalue weighted by molar-refractivity contribution is -0.115. The van der Waals surface area contributed by atoms with Crippen molar-refractivity contribution in [3.8, 4) is 0 Å². The van der Waals surface area contributed by atoms with Crippen LogP contribution < -0.4 is 10.6 Å². The number of benzene rings is 1. The summed E-state index contributed by atoms with van der Waals surface area (Å²) in [7, 11) is 0. The number of halogens is 1. The quantitative estimate of drug-likeness (QED) is 0.858. The summed E-state index contributed by atoms with van der Waals surface area (Å²) < 4.78 is 13.0. The fourth-order valence-corrected chi connectivity index (χ4v) is 2.65. The molecule has 19 heavy (non-hydrogen) atoms. The van der Waals surface area contributed by atoms with Crippen molar-refractivity contribution in [3.63, 3.8) is 0 Å². The van der Waals surface area contributed by atoms with E-state index in [9.17, 15) is 9.18 Å². The summed E-state index contributed by atoms with van der Waals surface area (Å²) in [5, 5.41) is 5.94. The average molecular weight is 264 g/mol. The van der Waals surface area contributed by atoms with Gasteiger partial charge < -0.3 is 10.6 Å². The van der Waals surface area contributed by atoms with Crippen LogP contribution >= 0.6 is 0 Å². The third kappa shape index (κ3) is 4.31. The van der Waals surface area contributed by atoms with Crippen molar-refractivity contribution in [1.82, 2.24) is 5.32 Å². The fourth-order valence-electron chi connectivity index (χ4n) is 2.65. The van der Waals surface area contributed by atoms with Crippen molar-refractivity contribution in [1.29, 1.82) is 0 Å². The standard InChI is InChI=1S/C15H21FN2O/c1-11(12-5-2-3-6-12)17-10-15(19)18-14-8-4-7-13(16)9-14/h4,7-9,11-12,17H,2-3,5-6,10H2,1H3,(H,18,19)/t11-/m0/s1. The molecule has 0 bridgehead atoms. The van der Waals surface area contributed by atoms with Crippen molar-refractivity contribution in [2.24, 2.45) is 5.92 Å². The molecule has 0 heterocycles. The lowest BCUT2D eigenvalue weighted by Crippen LogP contribution is -2.38. The molecular weight excluding hydrogens is 243 g/mol. The highest BCUT2D eigenvalue weighted by Crippen LogP contribution is 2.27. The second kappa shape index (κ2) is 6.66. The van der Waals surface area contributed by atoms with Gasteiger partial charge in [0, 0.05) is 11.7 Å².